The zero-order valence-electron chi connectivity index (χ0n) is 11.6. The predicted molar refractivity (Wildman–Crippen MR) is 88.1 cm³/mol. The summed E-state index contributed by atoms with van der Waals surface area (Å²) in [5.41, 5.74) is 0.808. The standard InChI is InChI=1S/C14H15BrN2O3S/c1-3-4-17-13(19)10(16-14(17)21)6-8-5-9(15)7-11(20-2)12(8)18/h5-7,18H,3-4H2,1-2H3,(H,16,21)/b10-6+. The molecule has 1 aromatic carbocycles. The van der Waals surface area contributed by atoms with Gasteiger partial charge in [0.1, 0.15) is 5.70 Å². The molecule has 0 radical (unpaired) electrons. The van der Waals surface area contributed by atoms with Crippen molar-refractivity contribution in [3.63, 3.8) is 0 Å². The molecular weight excluding hydrogens is 356 g/mol. The molecule has 0 atom stereocenters. The van der Waals surface area contributed by atoms with Crippen LogP contribution in [0.25, 0.3) is 6.08 Å². The second-order valence-electron chi connectivity index (χ2n) is 4.49. The van der Waals surface area contributed by atoms with Crippen LogP contribution in [0.1, 0.15) is 18.9 Å². The summed E-state index contributed by atoms with van der Waals surface area (Å²) < 4.78 is 5.83. The van der Waals surface area contributed by atoms with Gasteiger partial charge in [-0.15, -0.1) is 0 Å². The number of nitrogens with one attached hydrogen (secondary N) is 1. The van der Waals surface area contributed by atoms with Crippen LogP contribution in [0.3, 0.4) is 0 Å². The van der Waals surface area contributed by atoms with E-state index in [0.29, 0.717) is 28.7 Å². The van der Waals surface area contributed by atoms with E-state index in [-0.39, 0.29) is 11.7 Å². The molecule has 7 heteroatoms. The highest BCUT2D eigenvalue weighted by Crippen LogP contribution is 2.35. The Balaban J connectivity index is 2.39. The third-order valence-corrected chi connectivity index (χ3v) is 3.78. The number of phenolic OH excluding ortho intramolecular Hbond substituents is 1. The summed E-state index contributed by atoms with van der Waals surface area (Å²) in [6, 6.07) is 3.35. The lowest BCUT2D eigenvalue weighted by atomic mass is 10.1. The Morgan fingerprint density at radius 2 is 2.24 bits per heavy atom. The topological polar surface area (TPSA) is 61.8 Å². The number of halogens is 1. The van der Waals surface area contributed by atoms with Crippen LogP contribution < -0.4 is 10.1 Å². The van der Waals surface area contributed by atoms with Crippen molar-refractivity contribution in [2.75, 3.05) is 13.7 Å². The SMILES string of the molecule is CCCN1C(=O)/C(=C\c2cc(Br)cc(OC)c2O)NC1=S. The molecule has 1 fully saturated rings. The molecule has 1 aliphatic rings. The van der Waals surface area contributed by atoms with E-state index in [4.69, 9.17) is 17.0 Å². The van der Waals surface area contributed by atoms with Crippen LogP contribution in [0.5, 0.6) is 11.5 Å². The van der Waals surface area contributed by atoms with Gasteiger partial charge in [-0.25, -0.2) is 0 Å². The first-order valence-electron chi connectivity index (χ1n) is 6.39. The summed E-state index contributed by atoms with van der Waals surface area (Å²) in [6.07, 6.45) is 2.38. The molecule has 0 unspecified atom stereocenters. The Morgan fingerprint density at radius 3 is 2.86 bits per heavy atom. The number of rotatable bonds is 4. The maximum absolute atomic E-state index is 12.2. The minimum Gasteiger partial charge on any atom is -0.504 e. The van der Waals surface area contributed by atoms with Gasteiger partial charge in [0, 0.05) is 16.6 Å². The number of ether oxygens (including phenoxy) is 1. The lowest BCUT2D eigenvalue weighted by Gasteiger charge is -2.11. The van der Waals surface area contributed by atoms with E-state index in [2.05, 4.69) is 21.2 Å². The van der Waals surface area contributed by atoms with Crippen molar-refractivity contribution < 1.29 is 14.6 Å². The fraction of sp³-hybridized carbons (Fsp3) is 0.286. The molecule has 0 aromatic heterocycles. The number of nitrogens with zero attached hydrogens (tertiary/aromatic N) is 1. The Kier molecular flexibility index (Phi) is 4.84. The number of hydrogen-bond donors (Lipinski definition) is 2. The Bertz CT molecular complexity index is 631. The molecule has 0 bridgehead atoms. The van der Waals surface area contributed by atoms with Crippen LogP contribution >= 0.6 is 28.1 Å². The summed E-state index contributed by atoms with van der Waals surface area (Å²) in [5.74, 6) is 0.109. The van der Waals surface area contributed by atoms with Gasteiger partial charge in [-0.05, 0) is 36.8 Å². The number of methoxy groups -OCH3 is 1. The predicted octanol–water partition coefficient (Wildman–Crippen LogP) is 2.63. The zero-order chi connectivity index (χ0) is 15.6. The third kappa shape index (κ3) is 3.19. The lowest BCUT2D eigenvalue weighted by molar-refractivity contribution is -0.122. The van der Waals surface area contributed by atoms with Crippen LogP contribution in [0, 0.1) is 0 Å². The highest BCUT2D eigenvalue weighted by Gasteiger charge is 2.30. The van der Waals surface area contributed by atoms with Gasteiger partial charge in [0.05, 0.1) is 7.11 Å². The van der Waals surface area contributed by atoms with Crippen LogP contribution in [0.4, 0.5) is 0 Å². The van der Waals surface area contributed by atoms with E-state index in [0.717, 1.165) is 10.9 Å². The number of hydrogen-bond acceptors (Lipinski definition) is 4. The average molecular weight is 371 g/mol. The number of carbonyl (C=O) groups is 1. The van der Waals surface area contributed by atoms with E-state index in [1.807, 2.05) is 6.92 Å². The number of amides is 1. The van der Waals surface area contributed by atoms with Crippen LogP contribution in [-0.4, -0.2) is 34.7 Å². The van der Waals surface area contributed by atoms with Crippen molar-refractivity contribution in [2.45, 2.75) is 13.3 Å². The summed E-state index contributed by atoms with van der Waals surface area (Å²) in [4.78, 5) is 13.8. The normalized spacial score (nSPS) is 16.5. The van der Waals surface area contributed by atoms with Crippen molar-refractivity contribution in [1.82, 2.24) is 10.2 Å². The van der Waals surface area contributed by atoms with Gasteiger partial charge in [-0.2, -0.15) is 0 Å². The third-order valence-electron chi connectivity index (χ3n) is 3.00. The zero-order valence-corrected chi connectivity index (χ0v) is 14.0. The van der Waals surface area contributed by atoms with E-state index in [9.17, 15) is 9.90 Å². The van der Waals surface area contributed by atoms with Crippen molar-refractivity contribution >= 4 is 45.2 Å². The molecule has 21 heavy (non-hydrogen) atoms. The first-order valence-corrected chi connectivity index (χ1v) is 7.59. The monoisotopic (exact) mass is 370 g/mol. The van der Waals surface area contributed by atoms with Crippen molar-refractivity contribution in [3.05, 3.63) is 27.9 Å². The summed E-state index contributed by atoms with van der Waals surface area (Å²) in [6.45, 7) is 2.54. The second kappa shape index (κ2) is 6.44. The van der Waals surface area contributed by atoms with E-state index < -0.39 is 0 Å². The molecule has 2 rings (SSSR count). The fourth-order valence-corrected chi connectivity index (χ4v) is 2.75. The maximum Gasteiger partial charge on any atom is 0.276 e. The van der Waals surface area contributed by atoms with Gasteiger partial charge < -0.3 is 15.2 Å². The highest BCUT2D eigenvalue weighted by atomic mass is 79.9. The number of phenols is 1. The van der Waals surface area contributed by atoms with Gasteiger partial charge in [-0.1, -0.05) is 22.9 Å². The number of thiocarbonyl (C=S) groups is 1. The highest BCUT2D eigenvalue weighted by molar-refractivity contribution is 9.10. The molecule has 1 saturated heterocycles. The van der Waals surface area contributed by atoms with Gasteiger partial charge in [0.15, 0.2) is 16.6 Å². The van der Waals surface area contributed by atoms with Gasteiger partial charge in [0.25, 0.3) is 5.91 Å². The Labute approximate surface area is 136 Å². The molecule has 2 N–H and O–H groups in total. The minimum absolute atomic E-state index is 0.0253. The quantitative estimate of drug-likeness (QED) is 0.630. The smallest absolute Gasteiger partial charge is 0.276 e. The molecule has 1 amide bonds. The van der Waals surface area contributed by atoms with Gasteiger partial charge in [0.2, 0.25) is 0 Å². The van der Waals surface area contributed by atoms with Crippen molar-refractivity contribution in [1.29, 1.82) is 0 Å². The molecule has 0 spiro atoms. The van der Waals surface area contributed by atoms with Crippen LogP contribution in [-0.2, 0) is 4.79 Å². The second-order valence-corrected chi connectivity index (χ2v) is 5.79. The minimum atomic E-state index is -0.194. The van der Waals surface area contributed by atoms with Gasteiger partial charge in [-0.3, -0.25) is 9.69 Å². The lowest BCUT2D eigenvalue weighted by Crippen LogP contribution is -2.31. The van der Waals surface area contributed by atoms with E-state index in [1.54, 1.807) is 18.2 Å². The van der Waals surface area contributed by atoms with Gasteiger partial charge >= 0.3 is 0 Å². The van der Waals surface area contributed by atoms with Crippen LogP contribution in [0.15, 0.2) is 22.3 Å². The molecule has 1 heterocycles. The summed E-state index contributed by atoms with van der Waals surface area (Å²) >= 11 is 8.48. The molecule has 5 nitrogen and oxygen atoms in total. The molecule has 1 aliphatic heterocycles. The van der Waals surface area contributed by atoms with Crippen molar-refractivity contribution in [2.24, 2.45) is 0 Å². The fourth-order valence-electron chi connectivity index (χ4n) is 2.01. The maximum atomic E-state index is 12.2. The first-order chi connectivity index (χ1) is 9.97. The molecule has 112 valence electrons. The number of carbonyl (C=O) groups excluding carboxylic acids is 1. The first kappa shape index (κ1) is 15.8. The molecule has 1 aromatic rings. The largest absolute Gasteiger partial charge is 0.504 e. The Hall–Kier alpha value is -1.60. The molecule has 0 saturated carbocycles. The number of benzene rings is 1. The van der Waals surface area contributed by atoms with E-state index in [1.165, 1.54) is 12.0 Å². The average Bonchev–Trinajstić information content (AvgIpc) is 2.70. The molecule has 0 aliphatic carbocycles. The van der Waals surface area contributed by atoms with Crippen LogP contribution in [0.2, 0.25) is 0 Å². The summed E-state index contributed by atoms with van der Waals surface area (Å²) in [5, 5.41) is 13.4. The van der Waals surface area contributed by atoms with E-state index >= 15 is 0 Å². The number of aromatic hydroxyl groups is 1. The molecular formula is C14H15BrN2O3S. The summed E-state index contributed by atoms with van der Waals surface area (Å²) in [7, 11) is 1.47. The van der Waals surface area contributed by atoms with Crippen molar-refractivity contribution in [3.8, 4) is 11.5 Å². The Morgan fingerprint density at radius 1 is 1.52 bits per heavy atom.